The van der Waals surface area contributed by atoms with Gasteiger partial charge < -0.3 is 10.0 Å². The molecule has 3 aliphatic heterocycles. The van der Waals surface area contributed by atoms with E-state index in [0.717, 1.165) is 17.7 Å². The van der Waals surface area contributed by atoms with Crippen LogP contribution in [0.5, 0.6) is 0 Å². The molecule has 2 unspecified atom stereocenters. The molecule has 2 atom stereocenters. The molecule has 8 heteroatoms. The molecule has 0 saturated carbocycles. The number of hydrogen-bond donors (Lipinski definition) is 2. The molecule has 0 bridgehead atoms. The van der Waals surface area contributed by atoms with Gasteiger partial charge in [-0.05, 0) is 44.2 Å². The van der Waals surface area contributed by atoms with Crippen LogP contribution in [0.2, 0.25) is 0 Å². The van der Waals surface area contributed by atoms with E-state index in [1.54, 1.807) is 19.1 Å². The van der Waals surface area contributed by atoms with Crippen molar-refractivity contribution in [3.05, 3.63) is 29.3 Å². The minimum atomic E-state index is -0.959. The van der Waals surface area contributed by atoms with Crippen LogP contribution in [0.15, 0.2) is 18.2 Å². The fraction of sp³-hybridized carbons (Fsp3) is 0.500. The number of carbonyl (C=O) groups is 4. The first-order valence-electron chi connectivity index (χ1n) is 9.66. The lowest BCUT2D eigenvalue weighted by atomic mass is 9.91. The maximum atomic E-state index is 13.1. The number of piperidine rings is 2. The van der Waals surface area contributed by atoms with Gasteiger partial charge in [0, 0.05) is 19.5 Å². The van der Waals surface area contributed by atoms with Gasteiger partial charge in [0.2, 0.25) is 11.8 Å². The van der Waals surface area contributed by atoms with Gasteiger partial charge in [0.15, 0.2) is 0 Å². The molecule has 4 amide bonds. The number of fused-ring (bicyclic) bond motifs is 1. The summed E-state index contributed by atoms with van der Waals surface area (Å²) < 4.78 is 0. The predicted octanol–water partition coefficient (Wildman–Crippen LogP) is 0.685. The summed E-state index contributed by atoms with van der Waals surface area (Å²) in [5.41, 5.74) is 1.31. The Kier molecular flexibility index (Phi) is 4.66. The summed E-state index contributed by atoms with van der Waals surface area (Å²) in [4.78, 5) is 52.7. The van der Waals surface area contributed by atoms with Crippen LogP contribution in [0.3, 0.4) is 0 Å². The van der Waals surface area contributed by atoms with Crippen molar-refractivity contribution in [2.45, 2.75) is 44.8 Å². The van der Waals surface area contributed by atoms with E-state index in [0.29, 0.717) is 29.9 Å². The molecule has 148 valence electrons. The molecular weight excluding hydrogens is 362 g/mol. The third kappa shape index (κ3) is 2.97. The van der Waals surface area contributed by atoms with Gasteiger partial charge in [-0.15, -0.1) is 0 Å². The van der Waals surface area contributed by atoms with Crippen molar-refractivity contribution >= 4 is 29.3 Å². The number of benzene rings is 1. The highest BCUT2D eigenvalue weighted by molar-refractivity contribution is 6.25. The number of imide groups is 2. The van der Waals surface area contributed by atoms with Gasteiger partial charge >= 0.3 is 0 Å². The Hall–Kier alpha value is -2.74. The monoisotopic (exact) mass is 385 g/mol. The second kappa shape index (κ2) is 7.01. The number of rotatable bonds is 3. The zero-order valence-corrected chi connectivity index (χ0v) is 15.7. The fourth-order valence-corrected chi connectivity index (χ4v) is 4.38. The summed E-state index contributed by atoms with van der Waals surface area (Å²) in [6.07, 6.45) is 1.49. The second-order valence-electron chi connectivity index (χ2n) is 7.71. The van der Waals surface area contributed by atoms with E-state index in [-0.39, 0.29) is 30.8 Å². The Morgan fingerprint density at radius 2 is 1.79 bits per heavy atom. The molecule has 3 heterocycles. The van der Waals surface area contributed by atoms with Crippen molar-refractivity contribution in [1.29, 1.82) is 0 Å². The van der Waals surface area contributed by atoms with Crippen LogP contribution in [-0.2, 0) is 9.59 Å². The van der Waals surface area contributed by atoms with Crippen molar-refractivity contribution in [2.75, 3.05) is 18.0 Å². The Morgan fingerprint density at radius 3 is 2.43 bits per heavy atom. The number of hydrogen-bond acceptors (Lipinski definition) is 6. The van der Waals surface area contributed by atoms with Crippen LogP contribution in [0.1, 0.15) is 53.3 Å². The summed E-state index contributed by atoms with van der Waals surface area (Å²) in [6.45, 7) is 3.17. The lowest BCUT2D eigenvalue weighted by Crippen LogP contribution is -2.54. The van der Waals surface area contributed by atoms with Gasteiger partial charge in [0.25, 0.3) is 11.8 Å². The quantitative estimate of drug-likeness (QED) is 0.742. The molecule has 28 heavy (non-hydrogen) atoms. The van der Waals surface area contributed by atoms with Crippen molar-refractivity contribution < 1.29 is 24.3 Å². The first-order valence-corrected chi connectivity index (χ1v) is 9.66. The van der Waals surface area contributed by atoms with Crippen molar-refractivity contribution in [3.8, 4) is 0 Å². The molecule has 0 aromatic heterocycles. The molecule has 1 aromatic carbocycles. The van der Waals surface area contributed by atoms with Gasteiger partial charge in [-0.2, -0.15) is 0 Å². The zero-order chi connectivity index (χ0) is 20.0. The lowest BCUT2D eigenvalue weighted by Gasteiger charge is -2.35. The van der Waals surface area contributed by atoms with Crippen molar-refractivity contribution in [3.63, 3.8) is 0 Å². The third-order valence-corrected chi connectivity index (χ3v) is 6.01. The van der Waals surface area contributed by atoms with Gasteiger partial charge in [0.1, 0.15) is 6.04 Å². The van der Waals surface area contributed by atoms with Crippen LogP contribution >= 0.6 is 0 Å². The average Bonchev–Trinajstić information content (AvgIpc) is 2.93. The maximum absolute atomic E-state index is 13.1. The van der Waals surface area contributed by atoms with Gasteiger partial charge in [-0.25, -0.2) is 0 Å². The maximum Gasteiger partial charge on any atom is 0.264 e. The third-order valence-electron chi connectivity index (χ3n) is 6.01. The smallest absolute Gasteiger partial charge is 0.264 e. The van der Waals surface area contributed by atoms with Crippen molar-refractivity contribution in [2.24, 2.45) is 5.92 Å². The van der Waals surface area contributed by atoms with Crippen LogP contribution in [0, 0.1) is 5.92 Å². The fourth-order valence-electron chi connectivity index (χ4n) is 4.38. The highest BCUT2D eigenvalue weighted by Gasteiger charge is 2.46. The number of carbonyl (C=O) groups excluding carboxylic acids is 4. The van der Waals surface area contributed by atoms with Gasteiger partial charge in [-0.3, -0.25) is 29.4 Å². The number of amides is 4. The SMILES string of the molecule is CC(O)C1CCN(c2cccc3c2C(=O)N(C2CCC(=O)NC2=O)C3=O)CC1. The average molecular weight is 385 g/mol. The topological polar surface area (TPSA) is 107 Å². The number of aliphatic hydroxyl groups is 1. The predicted molar refractivity (Wildman–Crippen MR) is 99.7 cm³/mol. The number of nitrogens with one attached hydrogen (secondary N) is 1. The summed E-state index contributed by atoms with van der Waals surface area (Å²) in [6, 6.07) is 4.21. The van der Waals surface area contributed by atoms with E-state index in [9.17, 15) is 24.3 Å². The molecule has 3 aliphatic rings. The summed E-state index contributed by atoms with van der Waals surface area (Å²) >= 11 is 0. The largest absolute Gasteiger partial charge is 0.393 e. The molecular formula is C20H23N3O5. The van der Waals surface area contributed by atoms with Gasteiger partial charge in [0.05, 0.1) is 22.9 Å². The highest BCUT2D eigenvalue weighted by atomic mass is 16.3. The summed E-state index contributed by atoms with van der Waals surface area (Å²) in [5, 5.41) is 12.0. The minimum Gasteiger partial charge on any atom is -0.393 e. The molecule has 4 rings (SSSR count). The lowest BCUT2D eigenvalue weighted by molar-refractivity contribution is -0.136. The van der Waals surface area contributed by atoms with E-state index >= 15 is 0 Å². The Morgan fingerprint density at radius 1 is 1.07 bits per heavy atom. The van der Waals surface area contributed by atoms with Gasteiger partial charge in [-0.1, -0.05) is 6.07 Å². The number of anilines is 1. The molecule has 1 aromatic rings. The van der Waals surface area contributed by atoms with Crippen LogP contribution in [0.4, 0.5) is 5.69 Å². The summed E-state index contributed by atoms with van der Waals surface area (Å²) in [5.74, 6) is -1.74. The van der Waals surface area contributed by atoms with E-state index in [2.05, 4.69) is 10.2 Å². The molecule has 0 aliphatic carbocycles. The molecule has 2 saturated heterocycles. The Bertz CT molecular complexity index is 857. The molecule has 0 spiro atoms. The Balaban J connectivity index is 1.62. The van der Waals surface area contributed by atoms with Crippen LogP contribution in [-0.4, -0.2) is 58.9 Å². The number of nitrogens with zero attached hydrogens (tertiary/aromatic N) is 2. The van der Waals surface area contributed by atoms with Crippen LogP contribution < -0.4 is 10.2 Å². The normalized spacial score (nSPS) is 24.4. The van der Waals surface area contributed by atoms with E-state index in [1.807, 2.05) is 6.07 Å². The summed E-state index contributed by atoms with van der Waals surface area (Å²) in [7, 11) is 0. The molecule has 0 radical (unpaired) electrons. The van der Waals surface area contributed by atoms with E-state index in [4.69, 9.17) is 0 Å². The van der Waals surface area contributed by atoms with Crippen molar-refractivity contribution in [1.82, 2.24) is 10.2 Å². The second-order valence-corrected chi connectivity index (χ2v) is 7.71. The highest BCUT2D eigenvalue weighted by Crippen LogP contribution is 2.36. The molecule has 8 nitrogen and oxygen atoms in total. The first-order chi connectivity index (χ1) is 13.4. The zero-order valence-electron chi connectivity index (χ0n) is 15.7. The molecule has 2 N–H and O–H groups in total. The number of aliphatic hydroxyl groups excluding tert-OH is 1. The Labute approximate surface area is 162 Å². The van der Waals surface area contributed by atoms with E-state index < -0.39 is 23.8 Å². The minimum absolute atomic E-state index is 0.101. The standard InChI is InChI=1S/C20H23N3O5/c1-11(24)12-7-9-22(10-8-12)14-4-2-3-13-17(14)20(28)23(19(13)27)15-5-6-16(25)21-18(15)26/h2-4,11-12,15,24H,5-10H2,1H3,(H,21,25,26). The molecule has 2 fully saturated rings. The van der Waals surface area contributed by atoms with E-state index in [1.165, 1.54) is 0 Å². The van der Waals surface area contributed by atoms with Crippen LogP contribution in [0.25, 0.3) is 0 Å². The first kappa shape index (κ1) is 18.6.